The van der Waals surface area contributed by atoms with Gasteiger partial charge in [0.1, 0.15) is 28.7 Å². The van der Waals surface area contributed by atoms with Crippen LogP contribution in [-0.2, 0) is 44.9 Å². The average molecular weight is 1400 g/mol. The van der Waals surface area contributed by atoms with Crippen LogP contribution in [0.4, 0.5) is 13.2 Å². The number of hydrogen-bond acceptors (Lipinski definition) is 11. The molecular weight excluding hydrogens is 1330 g/mol. The van der Waals surface area contributed by atoms with E-state index in [2.05, 4.69) is 34.9 Å². The van der Waals surface area contributed by atoms with Gasteiger partial charge in [-0.15, -0.1) is 0 Å². The van der Waals surface area contributed by atoms with Crippen LogP contribution >= 0.6 is 0 Å². The van der Waals surface area contributed by atoms with Crippen molar-refractivity contribution in [3.8, 4) is 0 Å². The number of likely N-dealkylation sites (tertiary alicyclic amines) is 1. The molecular formula is C69H77F3N12O9S4. The summed E-state index contributed by atoms with van der Waals surface area (Å²) in [6, 6.07) is 22.9. The number of halogens is 3. The molecule has 0 saturated carbocycles. The predicted molar refractivity (Wildman–Crippen MR) is 377 cm³/mol. The molecule has 12 heterocycles. The number of amides is 1. The second-order valence-electron chi connectivity index (χ2n) is 24.5. The van der Waals surface area contributed by atoms with Crippen molar-refractivity contribution in [3.63, 3.8) is 0 Å². The topological polar surface area (TPSA) is 275 Å². The first-order valence-corrected chi connectivity index (χ1v) is 39.0. The lowest BCUT2D eigenvalue weighted by molar-refractivity contribution is -0.129. The Balaban J connectivity index is 0.000000123. The Morgan fingerprint density at radius 2 is 0.804 bits per heavy atom. The van der Waals surface area contributed by atoms with Crippen molar-refractivity contribution >= 4 is 123 Å². The zero-order chi connectivity index (χ0) is 69.0. The number of fused-ring (bicyclic) bond motifs is 5. The Morgan fingerprint density at radius 3 is 1.24 bits per heavy atom. The normalized spacial score (nSPS) is 17.4. The van der Waals surface area contributed by atoms with Gasteiger partial charge in [0, 0.05) is 176 Å². The fourth-order valence-electron chi connectivity index (χ4n) is 13.0. The van der Waals surface area contributed by atoms with Crippen LogP contribution in [0.1, 0.15) is 79.2 Å². The Morgan fingerprint density at radius 1 is 0.433 bits per heavy atom. The van der Waals surface area contributed by atoms with Gasteiger partial charge in [-0.2, -0.15) is 17.2 Å². The fraction of sp³-hybridized carbons (Fsp3) is 0.319. The van der Waals surface area contributed by atoms with E-state index in [1.807, 2.05) is 90.3 Å². The maximum Gasteiger partial charge on any atom is 0.219 e. The lowest BCUT2D eigenvalue weighted by atomic mass is 9.89. The van der Waals surface area contributed by atoms with Gasteiger partial charge in [-0.05, 0) is 127 Å². The molecule has 512 valence electrons. The summed E-state index contributed by atoms with van der Waals surface area (Å²) in [6.07, 6.45) is 30.0. The number of carbonyl (C=O) groups is 1. The van der Waals surface area contributed by atoms with Gasteiger partial charge in [0.2, 0.25) is 46.0 Å². The van der Waals surface area contributed by atoms with E-state index in [1.165, 1.54) is 71.6 Å². The van der Waals surface area contributed by atoms with Crippen LogP contribution in [0.3, 0.4) is 0 Å². The van der Waals surface area contributed by atoms with E-state index in [4.69, 9.17) is 0 Å². The first kappa shape index (κ1) is 69.9. The van der Waals surface area contributed by atoms with E-state index in [-0.39, 0.29) is 23.4 Å². The molecule has 5 aliphatic rings. The summed E-state index contributed by atoms with van der Waals surface area (Å²) < 4.78 is 139. The van der Waals surface area contributed by atoms with E-state index < -0.39 is 40.1 Å². The maximum atomic E-state index is 14.0. The molecule has 0 bridgehead atoms. The van der Waals surface area contributed by atoms with Gasteiger partial charge in [0.25, 0.3) is 0 Å². The van der Waals surface area contributed by atoms with Crippen molar-refractivity contribution in [1.29, 1.82) is 0 Å². The van der Waals surface area contributed by atoms with Gasteiger partial charge in [0.15, 0.2) is 0 Å². The first-order valence-electron chi connectivity index (χ1n) is 31.7. The molecule has 5 aliphatic heterocycles. The third kappa shape index (κ3) is 16.2. The van der Waals surface area contributed by atoms with Crippen LogP contribution in [0.15, 0.2) is 147 Å². The smallest absolute Gasteiger partial charge is 0.219 e. The molecule has 7 aromatic heterocycles. The van der Waals surface area contributed by atoms with Crippen LogP contribution < -0.4 is 0 Å². The van der Waals surface area contributed by atoms with Gasteiger partial charge in [-0.25, -0.2) is 56.8 Å². The highest BCUT2D eigenvalue weighted by Crippen LogP contribution is 2.37. The molecule has 5 N–H and O–H groups in total. The highest BCUT2D eigenvalue weighted by molar-refractivity contribution is 7.89. The van der Waals surface area contributed by atoms with Gasteiger partial charge >= 0.3 is 0 Å². The summed E-state index contributed by atoms with van der Waals surface area (Å²) in [5, 5.41) is 4.29. The molecule has 0 radical (unpaired) electrons. The van der Waals surface area contributed by atoms with E-state index in [0.717, 1.165) is 116 Å². The number of aromatic nitrogens is 7. The average Bonchev–Trinajstić information content (AvgIpc) is 1.73. The van der Waals surface area contributed by atoms with Crippen LogP contribution in [-0.4, -0.2) is 187 Å². The van der Waals surface area contributed by atoms with Gasteiger partial charge in [0.05, 0.1) is 30.5 Å². The molecule has 0 spiro atoms. The van der Waals surface area contributed by atoms with Crippen molar-refractivity contribution in [3.05, 3.63) is 192 Å². The third-order valence-corrected chi connectivity index (χ3v) is 23.3. The summed E-state index contributed by atoms with van der Waals surface area (Å²) in [5.41, 5.74) is 13.3. The van der Waals surface area contributed by atoms with Gasteiger partial charge < -0.3 is 29.8 Å². The molecule has 97 heavy (non-hydrogen) atoms. The number of nitrogens with zero attached hydrogens (tertiary/aromatic N) is 7. The number of piperidine rings is 1. The molecule has 10 aromatic rings. The van der Waals surface area contributed by atoms with Crippen molar-refractivity contribution in [2.75, 3.05) is 90.5 Å². The quantitative estimate of drug-likeness (QED) is 0.0906. The SMILES string of the molecule is CC(=O)N1CCC(c2c[nH]c3cccc(F)c23)CC1.CS(=O)(=O)N1CC=C(c2c[nH]c3c(F)cccc23)CC1.CS(=O)(=O)N1CC=C(c2c[nH]c3cccc(F)c23)CC1.CS(=O)(=O)N1CC=C(c2c[nH]c3ncccc23)CC1.CS(=O)(=O)N1CC=C(c2c[nH]c3ncccc23)CC1. The Kier molecular flexibility index (Phi) is 21.1. The molecule has 15 rings (SSSR count). The second-order valence-corrected chi connectivity index (χ2v) is 32.5. The van der Waals surface area contributed by atoms with Crippen LogP contribution in [0.5, 0.6) is 0 Å². The maximum absolute atomic E-state index is 14.0. The van der Waals surface area contributed by atoms with Crippen molar-refractivity contribution in [1.82, 2.24) is 57.0 Å². The predicted octanol–water partition coefficient (Wildman–Crippen LogP) is 11.0. The van der Waals surface area contributed by atoms with Gasteiger partial charge in [-0.3, -0.25) is 4.79 Å². The number of rotatable bonds is 9. The minimum absolute atomic E-state index is 0.128. The number of H-pyrrole nitrogens is 5. The molecule has 3 aromatic carbocycles. The number of para-hydroxylation sites is 1. The number of pyridine rings is 2. The van der Waals surface area contributed by atoms with E-state index in [9.17, 15) is 51.6 Å². The monoisotopic (exact) mass is 1400 g/mol. The van der Waals surface area contributed by atoms with E-state index in [1.54, 1.807) is 49.9 Å². The minimum Gasteiger partial charge on any atom is -0.361 e. The number of nitrogens with one attached hydrogen (secondary N) is 5. The molecule has 21 nitrogen and oxygen atoms in total. The number of aromatic amines is 5. The number of carbonyl (C=O) groups excluding carboxylic acids is 1. The highest BCUT2D eigenvalue weighted by atomic mass is 32.2. The van der Waals surface area contributed by atoms with Crippen LogP contribution in [0, 0.1) is 17.5 Å². The van der Waals surface area contributed by atoms with Gasteiger partial charge in [-0.1, -0.05) is 48.6 Å². The summed E-state index contributed by atoms with van der Waals surface area (Å²) in [7, 11) is -12.5. The molecule has 0 unspecified atom stereocenters. The summed E-state index contributed by atoms with van der Waals surface area (Å²) in [4.78, 5) is 37.1. The van der Waals surface area contributed by atoms with E-state index in [0.29, 0.717) is 87.4 Å². The largest absolute Gasteiger partial charge is 0.361 e. The van der Waals surface area contributed by atoms with Crippen LogP contribution in [0.2, 0.25) is 0 Å². The Hall–Kier alpha value is -8.48. The lowest BCUT2D eigenvalue weighted by Crippen LogP contribution is -2.36. The first-order chi connectivity index (χ1) is 46.2. The molecule has 1 saturated heterocycles. The van der Waals surface area contributed by atoms with Crippen molar-refractivity contribution < 1.29 is 51.6 Å². The van der Waals surface area contributed by atoms with E-state index >= 15 is 0 Å². The fourth-order valence-corrected chi connectivity index (χ4v) is 16.1. The summed E-state index contributed by atoms with van der Waals surface area (Å²) in [6.45, 7) is 6.72. The highest BCUT2D eigenvalue weighted by Gasteiger charge is 2.28. The number of hydrogen-bond donors (Lipinski definition) is 5. The Bertz CT molecular complexity index is 5050. The van der Waals surface area contributed by atoms with Crippen LogP contribution in [0.25, 0.3) is 77.1 Å². The molecule has 0 atom stereocenters. The van der Waals surface area contributed by atoms with Crippen molar-refractivity contribution in [2.24, 2.45) is 0 Å². The molecule has 0 aliphatic carbocycles. The zero-order valence-corrected chi connectivity index (χ0v) is 57.6. The lowest BCUT2D eigenvalue weighted by Gasteiger charge is -2.31. The van der Waals surface area contributed by atoms with Crippen molar-refractivity contribution in [2.45, 2.75) is 51.4 Å². The summed E-state index contributed by atoms with van der Waals surface area (Å²) >= 11 is 0. The molecule has 1 fully saturated rings. The minimum atomic E-state index is -3.16. The number of benzene rings is 3. The number of sulfonamides is 4. The standard InChI is InChI=1S/C15H17FN2O.2C14H15FN2O2S.2C13H15N3O2S/c1-10(19)18-7-5-11(6-8-18)12-9-17-14-4-2-3-13(16)15(12)14;1-20(18,19)17-7-5-10(6-8-17)11-9-16-13-4-2-3-12(15)14(11)13;1-20(18,19)17-7-5-10(6-8-17)12-9-16-14-11(12)3-2-4-13(14)15;2*1-19(17,18)16-7-4-10(5-8-16)12-9-15-13-11(12)3-2-6-14-13/h2-4,9,11,17H,5-8H2,1H3;2*2-5,9,16H,6-8H2,1H3;2*2-4,6,9H,5,7-8H2,1H3,(H,14,15). The molecule has 1 amide bonds. The molecule has 28 heteroatoms. The Labute approximate surface area is 562 Å². The summed E-state index contributed by atoms with van der Waals surface area (Å²) in [5.74, 6) is -0.235. The second kappa shape index (κ2) is 29.3. The third-order valence-electron chi connectivity index (χ3n) is 18.2. The zero-order valence-electron chi connectivity index (χ0n) is 54.3.